The molecule has 1 saturated heterocycles. The van der Waals surface area contributed by atoms with E-state index in [0.29, 0.717) is 40.4 Å². The number of primary amides is 1. The molecule has 5 heterocycles. The van der Waals surface area contributed by atoms with Gasteiger partial charge in [-0.2, -0.15) is 4.98 Å². The highest BCUT2D eigenvalue weighted by Crippen LogP contribution is 2.31. The van der Waals surface area contributed by atoms with E-state index in [1.165, 1.54) is 0 Å². The molecule has 6 aromatic rings. The second kappa shape index (κ2) is 11.1. The minimum absolute atomic E-state index is 0.194. The summed E-state index contributed by atoms with van der Waals surface area (Å²) in [4.78, 5) is 49.0. The van der Waals surface area contributed by atoms with Gasteiger partial charge < -0.3 is 20.9 Å². The molecule has 12 nitrogen and oxygen atoms in total. The summed E-state index contributed by atoms with van der Waals surface area (Å²) in [5.41, 5.74) is 9.62. The SMILES string of the molecule is C=CCn1c(=O)c2cnc(Nc3ccc(N4CCCC(c5nc6cccc(C(N)=O)c6[nH]5)C4)cc3)nc2n1-c1ccccn1. The Labute approximate surface area is 251 Å². The zero-order valence-electron chi connectivity index (χ0n) is 23.8. The number of allylic oxidation sites excluding steroid dienone is 1. The average molecular weight is 587 g/mol. The molecule has 4 N–H and O–H groups in total. The Morgan fingerprint density at radius 3 is 2.73 bits per heavy atom. The normalized spacial score (nSPS) is 15.1. The molecular formula is C32H30N10O2. The maximum absolute atomic E-state index is 13.1. The van der Waals surface area contributed by atoms with Crippen LogP contribution in [0, 0.1) is 0 Å². The number of nitrogens with two attached hydrogens (primary N) is 1. The van der Waals surface area contributed by atoms with Crippen LogP contribution in [-0.2, 0) is 6.54 Å². The summed E-state index contributed by atoms with van der Waals surface area (Å²) >= 11 is 0. The van der Waals surface area contributed by atoms with E-state index >= 15 is 0 Å². The number of H-pyrrole nitrogens is 1. The summed E-state index contributed by atoms with van der Waals surface area (Å²) in [5.74, 6) is 1.54. The third-order valence-electron chi connectivity index (χ3n) is 7.94. The van der Waals surface area contributed by atoms with Gasteiger partial charge in [-0.1, -0.05) is 18.2 Å². The largest absolute Gasteiger partial charge is 0.371 e. The van der Waals surface area contributed by atoms with E-state index < -0.39 is 5.91 Å². The lowest BCUT2D eigenvalue weighted by Gasteiger charge is -2.33. The molecule has 2 aromatic carbocycles. The number of benzene rings is 2. The quantitative estimate of drug-likeness (QED) is 0.224. The van der Waals surface area contributed by atoms with Crippen LogP contribution in [0.5, 0.6) is 0 Å². The van der Waals surface area contributed by atoms with Gasteiger partial charge in [0.15, 0.2) is 11.5 Å². The van der Waals surface area contributed by atoms with Crippen LogP contribution < -0.4 is 21.5 Å². The summed E-state index contributed by atoms with van der Waals surface area (Å²) in [6.45, 7) is 5.82. The van der Waals surface area contributed by atoms with Crippen molar-refractivity contribution in [3.05, 3.63) is 107 Å². The van der Waals surface area contributed by atoms with Gasteiger partial charge in [-0.3, -0.25) is 9.59 Å². The van der Waals surface area contributed by atoms with Crippen LogP contribution in [0.15, 0.2) is 90.5 Å². The zero-order chi connectivity index (χ0) is 30.2. The van der Waals surface area contributed by atoms with Crippen LogP contribution in [0.3, 0.4) is 0 Å². The fourth-order valence-corrected chi connectivity index (χ4v) is 5.86. The van der Waals surface area contributed by atoms with Crippen molar-refractivity contribution in [1.82, 2.24) is 34.3 Å². The molecule has 0 saturated carbocycles. The number of anilines is 3. The van der Waals surface area contributed by atoms with Crippen LogP contribution in [0.25, 0.3) is 27.9 Å². The van der Waals surface area contributed by atoms with E-state index in [1.807, 2.05) is 36.4 Å². The highest BCUT2D eigenvalue weighted by molar-refractivity contribution is 6.04. The molecule has 0 bridgehead atoms. The summed E-state index contributed by atoms with van der Waals surface area (Å²) in [7, 11) is 0. The first-order valence-corrected chi connectivity index (χ1v) is 14.4. The Kier molecular flexibility index (Phi) is 6.85. The topological polar surface area (TPSA) is 153 Å². The average Bonchev–Trinajstić information content (AvgIpc) is 3.61. The van der Waals surface area contributed by atoms with Crippen molar-refractivity contribution in [2.24, 2.45) is 5.73 Å². The molecule has 220 valence electrons. The second-order valence-electron chi connectivity index (χ2n) is 10.7. The number of hydrogen-bond acceptors (Lipinski definition) is 8. The molecule has 0 spiro atoms. The number of imidazole rings is 1. The monoisotopic (exact) mass is 586 g/mol. The third kappa shape index (κ3) is 4.85. The van der Waals surface area contributed by atoms with Crippen molar-refractivity contribution in [3.63, 3.8) is 0 Å². The minimum atomic E-state index is -0.469. The van der Waals surface area contributed by atoms with Crippen molar-refractivity contribution in [1.29, 1.82) is 0 Å². The van der Waals surface area contributed by atoms with Crippen LogP contribution in [0.2, 0.25) is 0 Å². The van der Waals surface area contributed by atoms with Crippen LogP contribution in [0.1, 0.15) is 34.9 Å². The minimum Gasteiger partial charge on any atom is -0.371 e. The molecule has 12 heteroatoms. The Morgan fingerprint density at radius 2 is 1.95 bits per heavy atom. The molecule has 1 fully saturated rings. The number of fused-ring (bicyclic) bond motifs is 2. The number of aromatic nitrogens is 7. The first-order chi connectivity index (χ1) is 21.5. The van der Waals surface area contributed by atoms with Crippen LogP contribution in [0.4, 0.5) is 17.3 Å². The van der Waals surface area contributed by atoms with Gasteiger partial charge in [0, 0.05) is 42.8 Å². The maximum atomic E-state index is 13.1. The molecule has 1 unspecified atom stereocenters. The third-order valence-corrected chi connectivity index (χ3v) is 7.94. The Bertz CT molecular complexity index is 2060. The van der Waals surface area contributed by atoms with Gasteiger partial charge in [0.2, 0.25) is 5.95 Å². The van der Waals surface area contributed by atoms with Crippen molar-refractivity contribution in [3.8, 4) is 5.82 Å². The highest BCUT2D eigenvalue weighted by atomic mass is 16.1. The molecule has 0 aliphatic carbocycles. The first-order valence-electron chi connectivity index (χ1n) is 14.4. The summed E-state index contributed by atoms with van der Waals surface area (Å²) in [6, 6.07) is 19.0. The maximum Gasteiger partial charge on any atom is 0.278 e. The smallest absolute Gasteiger partial charge is 0.278 e. The predicted octanol–water partition coefficient (Wildman–Crippen LogP) is 4.27. The number of carbonyl (C=O) groups is 1. The molecule has 0 radical (unpaired) electrons. The number of nitrogens with zero attached hydrogens (tertiary/aromatic N) is 7. The lowest BCUT2D eigenvalue weighted by molar-refractivity contribution is 0.100. The van der Waals surface area contributed by atoms with Gasteiger partial charge in [-0.05, 0) is 61.4 Å². The highest BCUT2D eigenvalue weighted by Gasteiger charge is 2.25. The Balaban J connectivity index is 1.11. The van der Waals surface area contributed by atoms with Crippen molar-refractivity contribution < 1.29 is 4.79 Å². The molecule has 1 aliphatic rings. The molecule has 1 atom stereocenters. The van der Waals surface area contributed by atoms with Crippen LogP contribution >= 0.6 is 0 Å². The van der Waals surface area contributed by atoms with Gasteiger partial charge in [0.05, 0.1) is 23.1 Å². The second-order valence-corrected chi connectivity index (χ2v) is 10.7. The number of nitrogens with one attached hydrogen (secondary N) is 2. The number of pyridine rings is 1. The van der Waals surface area contributed by atoms with Gasteiger partial charge >= 0.3 is 0 Å². The number of para-hydroxylation sites is 1. The molecule has 44 heavy (non-hydrogen) atoms. The number of carbonyl (C=O) groups excluding carboxylic acids is 1. The summed E-state index contributed by atoms with van der Waals surface area (Å²) in [5, 5.41) is 3.67. The Hall–Kier alpha value is -5.78. The van der Waals surface area contributed by atoms with E-state index in [-0.39, 0.29) is 11.5 Å². The summed E-state index contributed by atoms with van der Waals surface area (Å²) in [6.07, 6.45) is 6.89. The first kappa shape index (κ1) is 27.1. The number of rotatable bonds is 8. The molecule has 7 rings (SSSR count). The van der Waals surface area contributed by atoms with Gasteiger partial charge in [0.25, 0.3) is 11.5 Å². The van der Waals surface area contributed by atoms with E-state index in [4.69, 9.17) is 15.7 Å². The fourth-order valence-electron chi connectivity index (χ4n) is 5.86. The van der Waals surface area contributed by atoms with Gasteiger partial charge in [0.1, 0.15) is 11.2 Å². The number of aromatic amines is 1. The molecule has 1 aliphatic heterocycles. The number of piperidine rings is 1. The van der Waals surface area contributed by atoms with E-state index in [9.17, 15) is 9.59 Å². The lowest BCUT2D eigenvalue weighted by Crippen LogP contribution is -2.34. The number of amides is 1. The predicted molar refractivity (Wildman–Crippen MR) is 170 cm³/mol. The van der Waals surface area contributed by atoms with Crippen LogP contribution in [-0.4, -0.2) is 53.3 Å². The number of hydrogen-bond donors (Lipinski definition) is 3. The Morgan fingerprint density at radius 1 is 1.09 bits per heavy atom. The van der Waals surface area contributed by atoms with E-state index in [1.54, 1.807) is 40.0 Å². The van der Waals surface area contributed by atoms with Crippen molar-refractivity contribution >= 4 is 45.3 Å². The standard InChI is InChI=1S/C32H30N10O2/c1-2-16-41-31(44)24-18-35-32(39-30(24)42(41)26-10-3-4-15-34-26)36-21-11-13-22(14-12-21)40-17-6-7-20(19-40)29-37-25-9-5-8-23(28(33)43)27(25)38-29/h2-5,8-15,18,20H,1,6-7,16-17,19H2,(H2,33,43)(H,37,38)(H,35,36,39). The fraction of sp³-hybridized carbons (Fsp3) is 0.188. The molecular weight excluding hydrogens is 556 g/mol. The molecule has 1 amide bonds. The lowest BCUT2D eigenvalue weighted by atomic mass is 9.97. The van der Waals surface area contributed by atoms with Crippen molar-refractivity contribution in [2.75, 3.05) is 23.3 Å². The van der Waals surface area contributed by atoms with Crippen molar-refractivity contribution in [2.45, 2.75) is 25.3 Å². The van der Waals surface area contributed by atoms with E-state index in [0.717, 1.165) is 48.6 Å². The van der Waals surface area contributed by atoms with Gasteiger partial charge in [-0.25, -0.2) is 24.3 Å². The summed E-state index contributed by atoms with van der Waals surface area (Å²) < 4.78 is 3.24. The van der Waals surface area contributed by atoms with E-state index in [2.05, 4.69) is 43.9 Å². The molecule has 4 aromatic heterocycles. The van der Waals surface area contributed by atoms with Gasteiger partial charge in [-0.15, -0.1) is 6.58 Å². The zero-order valence-corrected chi connectivity index (χ0v) is 23.8.